The molecule has 138 valence electrons. The molecule has 0 saturated heterocycles. The lowest BCUT2D eigenvalue weighted by molar-refractivity contribution is -0.118. The fourth-order valence-corrected chi connectivity index (χ4v) is 3.34. The number of aromatic amines is 1. The number of H-pyrrole nitrogens is 1. The number of esters is 1. The molecule has 1 aliphatic heterocycles. The Morgan fingerprint density at radius 3 is 2.81 bits per heavy atom. The molecule has 2 aromatic carbocycles. The lowest BCUT2D eigenvalue weighted by Gasteiger charge is -2.12. The van der Waals surface area contributed by atoms with Gasteiger partial charge in [0.05, 0.1) is 20.6 Å². The van der Waals surface area contributed by atoms with Crippen molar-refractivity contribution in [3.8, 4) is 11.5 Å². The van der Waals surface area contributed by atoms with Gasteiger partial charge in [0.1, 0.15) is 11.7 Å². The van der Waals surface area contributed by atoms with Crippen molar-refractivity contribution in [2.24, 2.45) is 0 Å². The molecule has 0 aliphatic carbocycles. The highest BCUT2D eigenvalue weighted by Crippen LogP contribution is 2.43. The Hall–Kier alpha value is -3.48. The molecule has 7 heteroatoms. The lowest BCUT2D eigenvalue weighted by Crippen LogP contribution is -2.15. The van der Waals surface area contributed by atoms with Crippen molar-refractivity contribution in [1.82, 2.24) is 4.98 Å². The molecule has 0 saturated carbocycles. The minimum atomic E-state index is -0.664. The third kappa shape index (κ3) is 2.97. The summed E-state index contributed by atoms with van der Waals surface area (Å²) in [6.07, 6.45) is 1.19. The normalized spacial score (nSPS) is 15.3. The van der Waals surface area contributed by atoms with Crippen LogP contribution in [0.1, 0.15) is 28.4 Å². The summed E-state index contributed by atoms with van der Waals surface area (Å²) < 4.78 is 15.9. The second-order valence-electron chi connectivity index (χ2n) is 6.19. The number of cyclic esters (lactones) is 1. The minimum absolute atomic E-state index is 0.0133. The highest BCUT2D eigenvalue weighted by Gasteiger charge is 2.36. The molecule has 1 amide bonds. The highest BCUT2D eigenvalue weighted by molar-refractivity contribution is 6.00. The van der Waals surface area contributed by atoms with Crippen molar-refractivity contribution in [2.75, 3.05) is 19.5 Å². The van der Waals surface area contributed by atoms with E-state index >= 15 is 0 Å². The SMILES string of the molecule is COc1ccc2c(c1OC)C(=O)O[C@@H]2CC(=O)Nc1ccc2[nH]ccc2c1. The molecule has 2 heterocycles. The Bertz CT molecular complexity index is 1040. The summed E-state index contributed by atoms with van der Waals surface area (Å²) in [6, 6.07) is 11.0. The Balaban J connectivity index is 1.54. The van der Waals surface area contributed by atoms with Crippen LogP contribution in [0.3, 0.4) is 0 Å². The Morgan fingerprint density at radius 2 is 2.04 bits per heavy atom. The maximum Gasteiger partial charge on any atom is 0.343 e. The number of hydrogen-bond acceptors (Lipinski definition) is 5. The van der Waals surface area contributed by atoms with E-state index < -0.39 is 12.1 Å². The number of fused-ring (bicyclic) bond motifs is 2. The van der Waals surface area contributed by atoms with Crippen molar-refractivity contribution >= 4 is 28.5 Å². The molecule has 0 bridgehead atoms. The van der Waals surface area contributed by atoms with Gasteiger partial charge >= 0.3 is 5.97 Å². The van der Waals surface area contributed by atoms with Crippen LogP contribution >= 0.6 is 0 Å². The van der Waals surface area contributed by atoms with E-state index in [4.69, 9.17) is 14.2 Å². The molecular formula is C20H18N2O5. The predicted molar refractivity (Wildman–Crippen MR) is 99.2 cm³/mol. The molecule has 1 aliphatic rings. The zero-order chi connectivity index (χ0) is 19.0. The molecule has 3 aromatic rings. The summed E-state index contributed by atoms with van der Waals surface area (Å²) in [4.78, 5) is 27.9. The monoisotopic (exact) mass is 366 g/mol. The van der Waals surface area contributed by atoms with Crippen LogP contribution in [-0.2, 0) is 9.53 Å². The second-order valence-corrected chi connectivity index (χ2v) is 6.19. The van der Waals surface area contributed by atoms with Gasteiger partial charge in [0, 0.05) is 28.4 Å². The van der Waals surface area contributed by atoms with E-state index in [1.54, 1.807) is 12.1 Å². The first-order valence-corrected chi connectivity index (χ1v) is 8.43. The van der Waals surface area contributed by atoms with E-state index in [1.165, 1.54) is 14.2 Å². The Kier molecular flexibility index (Phi) is 4.19. The van der Waals surface area contributed by atoms with Crippen LogP contribution in [-0.4, -0.2) is 31.1 Å². The summed E-state index contributed by atoms with van der Waals surface area (Å²) in [6.45, 7) is 0. The smallest absolute Gasteiger partial charge is 0.343 e. The van der Waals surface area contributed by atoms with Gasteiger partial charge in [0.15, 0.2) is 11.5 Å². The van der Waals surface area contributed by atoms with Gasteiger partial charge in [-0.3, -0.25) is 4.79 Å². The van der Waals surface area contributed by atoms with E-state index in [9.17, 15) is 9.59 Å². The number of carbonyl (C=O) groups is 2. The maximum absolute atomic E-state index is 12.5. The number of carbonyl (C=O) groups excluding carboxylic acids is 2. The van der Waals surface area contributed by atoms with Gasteiger partial charge in [0.2, 0.25) is 5.91 Å². The number of methoxy groups -OCH3 is 2. The van der Waals surface area contributed by atoms with Gasteiger partial charge in [-0.2, -0.15) is 0 Å². The predicted octanol–water partition coefficient (Wildman–Crippen LogP) is 3.43. The number of aromatic nitrogens is 1. The van der Waals surface area contributed by atoms with E-state index in [-0.39, 0.29) is 12.3 Å². The fourth-order valence-electron chi connectivity index (χ4n) is 3.34. The van der Waals surface area contributed by atoms with Gasteiger partial charge in [-0.1, -0.05) is 6.07 Å². The molecule has 7 nitrogen and oxygen atoms in total. The number of ether oxygens (including phenoxy) is 3. The van der Waals surface area contributed by atoms with E-state index in [1.807, 2.05) is 30.5 Å². The third-order valence-electron chi connectivity index (χ3n) is 4.59. The standard InChI is InChI=1S/C20H18N2O5/c1-25-15-6-4-13-16(27-20(24)18(13)19(15)26-2)10-17(23)22-12-3-5-14-11(9-12)7-8-21-14/h3-9,16,21H,10H2,1-2H3,(H,22,23)/t16-/m1/s1. The highest BCUT2D eigenvalue weighted by atomic mass is 16.6. The first-order valence-electron chi connectivity index (χ1n) is 8.43. The average Bonchev–Trinajstić information content (AvgIpc) is 3.25. The summed E-state index contributed by atoms with van der Waals surface area (Å²) >= 11 is 0. The Morgan fingerprint density at radius 1 is 1.19 bits per heavy atom. The second kappa shape index (κ2) is 6.68. The van der Waals surface area contributed by atoms with Crippen LogP contribution < -0.4 is 14.8 Å². The number of hydrogen-bond donors (Lipinski definition) is 2. The minimum Gasteiger partial charge on any atom is -0.493 e. The summed E-state index contributed by atoms with van der Waals surface area (Å²) in [5, 5.41) is 3.85. The van der Waals surface area contributed by atoms with Crippen LogP contribution in [0.25, 0.3) is 10.9 Å². The van der Waals surface area contributed by atoms with Crippen LogP contribution in [0.2, 0.25) is 0 Å². The molecule has 27 heavy (non-hydrogen) atoms. The number of amides is 1. The van der Waals surface area contributed by atoms with Gasteiger partial charge in [-0.15, -0.1) is 0 Å². The number of benzene rings is 2. The van der Waals surface area contributed by atoms with Gasteiger partial charge in [0.25, 0.3) is 0 Å². The van der Waals surface area contributed by atoms with Crippen molar-refractivity contribution in [1.29, 1.82) is 0 Å². The average molecular weight is 366 g/mol. The first-order chi connectivity index (χ1) is 13.1. The molecule has 0 spiro atoms. The molecule has 1 aromatic heterocycles. The lowest BCUT2D eigenvalue weighted by atomic mass is 10.0. The number of rotatable bonds is 5. The van der Waals surface area contributed by atoms with E-state index in [0.717, 1.165) is 10.9 Å². The zero-order valence-electron chi connectivity index (χ0n) is 14.9. The van der Waals surface area contributed by atoms with Crippen LogP contribution in [0.5, 0.6) is 11.5 Å². The molecule has 0 fully saturated rings. The van der Waals surface area contributed by atoms with Crippen LogP contribution in [0, 0.1) is 0 Å². The maximum atomic E-state index is 12.5. The number of nitrogens with one attached hydrogen (secondary N) is 2. The zero-order valence-corrected chi connectivity index (χ0v) is 14.9. The third-order valence-corrected chi connectivity index (χ3v) is 4.59. The molecule has 1 atom stereocenters. The van der Waals surface area contributed by atoms with E-state index in [0.29, 0.717) is 28.3 Å². The van der Waals surface area contributed by atoms with Crippen molar-refractivity contribution < 1.29 is 23.8 Å². The quantitative estimate of drug-likeness (QED) is 0.675. The van der Waals surface area contributed by atoms with Crippen LogP contribution in [0.15, 0.2) is 42.6 Å². The van der Waals surface area contributed by atoms with Crippen molar-refractivity contribution in [3.05, 3.63) is 53.7 Å². The molecule has 2 N–H and O–H groups in total. The fraction of sp³-hybridized carbons (Fsp3) is 0.200. The van der Waals surface area contributed by atoms with Gasteiger partial charge < -0.3 is 24.5 Å². The molecule has 4 rings (SSSR count). The summed E-state index contributed by atoms with van der Waals surface area (Å²) in [5.74, 6) is -0.00321. The van der Waals surface area contributed by atoms with E-state index in [2.05, 4.69) is 10.3 Å². The largest absolute Gasteiger partial charge is 0.493 e. The number of anilines is 1. The van der Waals surface area contributed by atoms with Gasteiger partial charge in [-0.25, -0.2) is 4.79 Å². The molecular weight excluding hydrogens is 348 g/mol. The first kappa shape index (κ1) is 17.0. The van der Waals surface area contributed by atoms with Crippen LogP contribution in [0.4, 0.5) is 5.69 Å². The van der Waals surface area contributed by atoms with Crippen molar-refractivity contribution in [2.45, 2.75) is 12.5 Å². The topological polar surface area (TPSA) is 89.7 Å². The molecule has 0 unspecified atom stereocenters. The van der Waals surface area contributed by atoms with Gasteiger partial charge in [-0.05, 0) is 30.3 Å². The van der Waals surface area contributed by atoms with Crippen molar-refractivity contribution in [3.63, 3.8) is 0 Å². The summed E-state index contributed by atoms with van der Waals surface area (Å²) in [7, 11) is 2.96. The molecule has 0 radical (unpaired) electrons. The Labute approximate surface area is 155 Å². The summed E-state index contributed by atoms with van der Waals surface area (Å²) in [5.41, 5.74) is 2.61.